The molecular weight excluding hydrogens is 312 g/mol. The Bertz CT molecular complexity index is 767. The van der Waals surface area contributed by atoms with Crippen LogP contribution in [0.15, 0.2) is 67.3 Å². The largest absolute Gasteiger partial charge is 0.352 e. The molecule has 3 rings (SSSR count). The summed E-state index contributed by atoms with van der Waals surface area (Å²) in [7, 11) is 0. The van der Waals surface area contributed by atoms with E-state index < -0.39 is 0 Å². The molecule has 0 aliphatic heterocycles. The average Bonchev–Trinajstić information content (AvgIpc) is 3.15. The quantitative estimate of drug-likeness (QED) is 0.689. The van der Waals surface area contributed by atoms with E-state index in [1.165, 1.54) is 11.9 Å². The van der Waals surface area contributed by atoms with Crippen molar-refractivity contribution in [3.8, 4) is 0 Å². The molecule has 128 valence electrons. The van der Waals surface area contributed by atoms with Crippen molar-refractivity contribution in [2.45, 2.75) is 32.4 Å². The molecule has 0 saturated carbocycles. The van der Waals surface area contributed by atoms with Gasteiger partial charge < -0.3 is 5.32 Å². The topological polar surface area (TPSA) is 59.8 Å². The zero-order valence-corrected chi connectivity index (χ0v) is 14.1. The van der Waals surface area contributed by atoms with E-state index in [0.717, 1.165) is 24.0 Å². The fourth-order valence-electron chi connectivity index (χ4n) is 2.65. The van der Waals surface area contributed by atoms with Crippen LogP contribution in [-0.4, -0.2) is 20.7 Å². The normalized spacial score (nSPS) is 10.6. The van der Waals surface area contributed by atoms with Crippen molar-refractivity contribution in [1.29, 1.82) is 0 Å². The van der Waals surface area contributed by atoms with Crippen LogP contribution in [0.3, 0.4) is 0 Å². The Labute approximate surface area is 147 Å². The van der Waals surface area contributed by atoms with E-state index in [2.05, 4.69) is 39.7 Å². The number of benzene rings is 2. The minimum Gasteiger partial charge on any atom is -0.352 e. The molecule has 0 saturated heterocycles. The number of carbonyl (C=O) groups is 1. The maximum absolute atomic E-state index is 12.0. The number of aromatic nitrogens is 3. The Morgan fingerprint density at radius 1 is 0.960 bits per heavy atom. The van der Waals surface area contributed by atoms with Gasteiger partial charge in [-0.15, -0.1) is 0 Å². The van der Waals surface area contributed by atoms with E-state index in [9.17, 15) is 4.79 Å². The number of rotatable bonds is 8. The summed E-state index contributed by atoms with van der Waals surface area (Å²) in [6, 6.07) is 18.4. The highest BCUT2D eigenvalue weighted by Gasteiger charge is 2.03. The lowest BCUT2D eigenvalue weighted by atomic mass is 10.1. The summed E-state index contributed by atoms with van der Waals surface area (Å²) < 4.78 is 1.78. The van der Waals surface area contributed by atoms with Gasteiger partial charge in [-0.1, -0.05) is 54.6 Å². The highest BCUT2D eigenvalue weighted by Crippen LogP contribution is 2.07. The SMILES string of the molecule is O=C(CCCc1ccccc1)NCc1ccc(Cn2cncn2)cc1. The maximum atomic E-state index is 12.0. The van der Waals surface area contributed by atoms with E-state index >= 15 is 0 Å². The van der Waals surface area contributed by atoms with Crippen LogP contribution >= 0.6 is 0 Å². The van der Waals surface area contributed by atoms with Gasteiger partial charge in [-0.3, -0.25) is 4.79 Å². The monoisotopic (exact) mass is 334 g/mol. The molecule has 1 heterocycles. The molecule has 2 aromatic carbocycles. The van der Waals surface area contributed by atoms with Crippen LogP contribution in [0.2, 0.25) is 0 Å². The lowest BCUT2D eigenvalue weighted by Crippen LogP contribution is -2.22. The molecule has 1 N–H and O–H groups in total. The second kappa shape index (κ2) is 8.78. The molecule has 1 aromatic heterocycles. The Kier molecular flexibility index (Phi) is 5.93. The third kappa shape index (κ3) is 5.57. The summed E-state index contributed by atoms with van der Waals surface area (Å²) in [5.41, 5.74) is 3.53. The Hall–Kier alpha value is -2.95. The minimum atomic E-state index is 0.0997. The predicted molar refractivity (Wildman–Crippen MR) is 96.8 cm³/mol. The Morgan fingerprint density at radius 3 is 2.44 bits per heavy atom. The summed E-state index contributed by atoms with van der Waals surface area (Å²) in [4.78, 5) is 15.9. The van der Waals surface area contributed by atoms with Crippen molar-refractivity contribution in [3.05, 3.63) is 83.9 Å². The highest BCUT2D eigenvalue weighted by atomic mass is 16.1. The van der Waals surface area contributed by atoms with E-state index in [-0.39, 0.29) is 5.91 Å². The molecule has 0 radical (unpaired) electrons. The number of hydrogen-bond donors (Lipinski definition) is 1. The maximum Gasteiger partial charge on any atom is 0.220 e. The van der Waals surface area contributed by atoms with Gasteiger partial charge in [0.2, 0.25) is 5.91 Å². The van der Waals surface area contributed by atoms with Crippen molar-refractivity contribution in [2.24, 2.45) is 0 Å². The van der Waals surface area contributed by atoms with Gasteiger partial charge >= 0.3 is 0 Å². The van der Waals surface area contributed by atoms with Crippen LogP contribution in [-0.2, 0) is 24.3 Å². The Balaban J connectivity index is 1.38. The zero-order valence-electron chi connectivity index (χ0n) is 14.1. The second-order valence-corrected chi connectivity index (χ2v) is 6.03. The molecule has 5 nitrogen and oxygen atoms in total. The Morgan fingerprint density at radius 2 is 1.72 bits per heavy atom. The molecule has 5 heteroatoms. The average molecular weight is 334 g/mol. The van der Waals surface area contributed by atoms with Gasteiger partial charge in [-0.2, -0.15) is 5.10 Å². The first-order chi connectivity index (χ1) is 12.3. The molecule has 25 heavy (non-hydrogen) atoms. The summed E-state index contributed by atoms with van der Waals surface area (Å²) in [6.07, 6.45) is 5.59. The van der Waals surface area contributed by atoms with Gasteiger partial charge in [0.15, 0.2) is 0 Å². The fraction of sp³-hybridized carbons (Fsp3) is 0.250. The van der Waals surface area contributed by atoms with Gasteiger partial charge in [0.1, 0.15) is 12.7 Å². The third-order valence-electron chi connectivity index (χ3n) is 4.04. The van der Waals surface area contributed by atoms with Gasteiger partial charge in [-0.25, -0.2) is 9.67 Å². The van der Waals surface area contributed by atoms with Crippen LogP contribution in [0, 0.1) is 0 Å². The summed E-state index contributed by atoms with van der Waals surface area (Å²) in [5, 5.41) is 7.08. The smallest absolute Gasteiger partial charge is 0.220 e. The van der Waals surface area contributed by atoms with Crippen LogP contribution in [0.25, 0.3) is 0 Å². The molecule has 0 atom stereocenters. The first kappa shape index (κ1) is 16.9. The van der Waals surface area contributed by atoms with E-state index in [0.29, 0.717) is 19.5 Å². The minimum absolute atomic E-state index is 0.0997. The standard InChI is InChI=1S/C20H22N4O/c25-20(8-4-7-17-5-2-1-3-6-17)22-13-18-9-11-19(12-10-18)14-24-16-21-15-23-24/h1-3,5-6,9-12,15-16H,4,7-8,13-14H2,(H,22,25). The zero-order chi connectivity index (χ0) is 17.3. The number of carbonyl (C=O) groups excluding carboxylic acids is 1. The molecule has 0 aliphatic rings. The highest BCUT2D eigenvalue weighted by molar-refractivity contribution is 5.75. The van der Waals surface area contributed by atoms with E-state index in [4.69, 9.17) is 0 Å². The number of nitrogens with zero attached hydrogens (tertiary/aromatic N) is 3. The number of nitrogens with one attached hydrogen (secondary N) is 1. The van der Waals surface area contributed by atoms with Gasteiger partial charge in [0.25, 0.3) is 0 Å². The van der Waals surface area contributed by atoms with Gasteiger partial charge in [0, 0.05) is 13.0 Å². The number of aryl methyl sites for hydroxylation is 1. The van der Waals surface area contributed by atoms with Crippen LogP contribution in [0.4, 0.5) is 0 Å². The number of amides is 1. The fourth-order valence-corrected chi connectivity index (χ4v) is 2.65. The molecule has 0 fully saturated rings. The van der Waals surface area contributed by atoms with Crippen LogP contribution in [0.1, 0.15) is 29.5 Å². The van der Waals surface area contributed by atoms with E-state index in [1.807, 2.05) is 30.3 Å². The third-order valence-corrected chi connectivity index (χ3v) is 4.04. The summed E-state index contributed by atoms with van der Waals surface area (Å²) in [6.45, 7) is 1.26. The molecule has 0 unspecified atom stereocenters. The lowest BCUT2D eigenvalue weighted by molar-refractivity contribution is -0.121. The lowest BCUT2D eigenvalue weighted by Gasteiger charge is -2.07. The second-order valence-electron chi connectivity index (χ2n) is 6.03. The van der Waals surface area contributed by atoms with Crippen molar-refractivity contribution in [3.63, 3.8) is 0 Å². The van der Waals surface area contributed by atoms with Crippen molar-refractivity contribution >= 4 is 5.91 Å². The van der Waals surface area contributed by atoms with E-state index in [1.54, 1.807) is 11.0 Å². The number of hydrogen-bond acceptors (Lipinski definition) is 3. The van der Waals surface area contributed by atoms with Gasteiger partial charge in [0.05, 0.1) is 6.54 Å². The molecular formula is C20H22N4O. The van der Waals surface area contributed by atoms with Gasteiger partial charge in [-0.05, 0) is 29.5 Å². The summed E-state index contributed by atoms with van der Waals surface area (Å²) in [5.74, 6) is 0.0997. The van der Waals surface area contributed by atoms with Crippen molar-refractivity contribution in [2.75, 3.05) is 0 Å². The molecule has 0 spiro atoms. The first-order valence-electron chi connectivity index (χ1n) is 8.50. The molecule has 0 aliphatic carbocycles. The molecule has 3 aromatic rings. The molecule has 1 amide bonds. The predicted octanol–water partition coefficient (Wildman–Crippen LogP) is 2.97. The van der Waals surface area contributed by atoms with Crippen molar-refractivity contribution in [1.82, 2.24) is 20.1 Å². The molecule has 0 bridgehead atoms. The first-order valence-corrected chi connectivity index (χ1v) is 8.50. The van der Waals surface area contributed by atoms with Crippen LogP contribution < -0.4 is 5.32 Å². The van der Waals surface area contributed by atoms with Crippen molar-refractivity contribution < 1.29 is 4.79 Å². The van der Waals surface area contributed by atoms with Crippen LogP contribution in [0.5, 0.6) is 0 Å². The summed E-state index contributed by atoms with van der Waals surface area (Å²) >= 11 is 0.